The highest BCUT2D eigenvalue weighted by Gasteiger charge is 2.28. The van der Waals surface area contributed by atoms with Crippen LogP contribution in [0, 0.1) is 0 Å². The summed E-state index contributed by atoms with van der Waals surface area (Å²) in [6.07, 6.45) is 7.51. The fraction of sp³-hybridized carbons (Fsp3) is 0.385. The number of carboxylic acid groups (broad SMARTS) is 1. The number of hydrogen-bond acceptors (Lipinski definition) is 4. The van der Waals surface area contributed by atoms with Gasteiger partial charge >= 0.3 is 5.97 Å². The molecule has 2 aromatic carbocycles. The van der Waals surface area contributed by atoms with Crippen LogP contribution in [0.15, 0.2) is 60.7 Å². The van der Waals surface area contributed by atoms with E-state index in [0.717, 1.165) is 25.7 Å². The van der Waals surface area contributed by atoms with Crippen LogP contribution in [0.4, 0.5) is 0 Å². The van der Waals surface area contributed by atoms with E-state index in [1.807, 2.05) is 41.3 Å². The van der Waals surface area contributed by atoms with Crippen LogP contribution in [0.1, 0.15) is 56.6 Å². The van der Waals surface area contributed by atoms with Crippen molar-refractivity contribution in [2.45, 2.75) is 57.1 Å². The number of carbonyl (C=O) groups excluding carboxylic acids is 1. The molecule has 1 aliphatic heterocycles. The molecule has 2 aromatic rings. The largest absolute Gasteiger partial charge is 0.481 e. The van der Waals surface area contributed by atoms with Crippen LogP contribution in [0.5, 0.6) is 11.5 Å². The Kier molecular flexibility index (Phi) is 9.34. The van der Waals surface area contributed by atoms with Crippen molar-refractivity contribution in [2.24, 2.45) is 0 Å². The van der Waals surface area contributed by atoms with Gasteiger partial charge < -0.3 is 19.8 Å². The zero-order valence-corrected chi connectivity index (χ0v) is 19.3. The van der Waals surface area contributed by atoms with Crippen LogP contribution in [-0.2, 0) is 9.59 Å². The number of benzene rings is 2. The summed E-state index contributed by atoms with van der Waals surface area (Å²) in [6.45, 7) is 0.653. The Balaban J connectivity index is 1.53. The lowest BCUT2D eigenvalue weighted by atomic mass is 10.1. The minimum absolute atomic E-state index is 0.0305. The average molecular weight is 472 g/mol. The summed E-state index contributed by atoms with van der Waals surface area (Å²) in [7, 11) is 0. The molecule has 1 fully saturated rings. The molecule has 1 amide bonds. The lowest BCUT2D eigenvalue weighted by molar-refractivity contribution is -0.137. The first-order valence-electron chi connectivity index (χ1n) is 11.3. The van der Waals surface area contributed by atoms with Crippen molar-refractivity contribution in [1.29, 1.82) is 0 Å². The number of halogens is 1. The number of likely N-dealkylation sites (tertiary alicyclic amines) is 1. The summed E-state index contributed by atoms with van der Waals surface area (Å²) in [5.41, 5.74) is 0.695. The maximum Gasteiger partial charge on any atom is 0.303 e. The van der Waals surface area contributed by atoms with E-state index in [-0.39, 0.29) is 18.4 Å². The molecule has 33 heavy (non-hydrogen) atoms. The Morgan fingerprint density at radius 2 is 1.85 bits per heavy atom. The molecule has 1 heterocycles. The van der Waals surface area contributed by atoms with Crippen molar-refractivity contribution in [2.75, 3.05) is 6.54 Å². The second-order valence-corrected chi connectivity index (χ2v) is 8.65. The van der Waals surface area contributed by atoms with Crippen molar-refractivity contribution < 1.29 is 24.5 Å². The number of rotatable bonds is 12. The van der Waals surface area contributed by atoms with Crippen LogP contribution in [0.2, 0.25) is 5.02 Å². The highest BCUT2D eigenvalue weighted by atomic mass is 35.5. The smallest absolute Gasteiger partial charge is 0.303 e. The summed E-state index contributed by atoms with van der Waals surface area (Å²) in [5, 5.41) is 20.0. The molecule has 3 rings (SSSR count). The molecule has 7 heteroatoms. The van der Waals surface area contributed by atoms with E-state index < -0.39 is 12.1 Å². The number of carbonyl (C=O) groups is 2. The molecule has 0 aromatic heterocycles. The minimum atomic E-state index is -0.818. The first-order chi connectivity index (χ1) is 15.9. The van der Waals surface area contributed by atoms with E-state index >= 15 is 0 Å². The number of aliphatic hydroxyl groups is 1. The van der Waals surface area contributed by atoms with Gasteiger partial charge in [0.05, 0.1) is 12.1 Å². The van der Waals surface area contributed by atoms with Crippen LogP contribution >= 0.6 is 11.6 Å². The van der Waals surface area contributed by atoms with E-state index in [2.05, 4.69) is 0 Å². The topological polar surface area (TPSA) is 87.1 Å². The third-order valence-electron chi connectivity index (χ3n) is 5.66. The summed E-state index contributed by atoms with van der Waals surface area (Å²) in [5.74, 6) is 0.576. The number of amides is 1. The van der Waals surface area contributed by atoms with Gasteiger partial charge in [-0.2, -0.15) is 0 Å². The van der Waals surface area contributed by atoms with E-state index in [0.29, 0.717) is 41.5 Å². The molecule has 1 unspecified atom stereocenters. The number of unbranched alkanes of at least 4 members (excludes halogenated alkanes) is 3. The monoisotopic (exact) mass is 471 g/mol. The molecule has 0 aliphatic carbocycles. The van der Waals surface area contributed by atoms with Gasteiger partial charge in [0, 0.05) is 24.4 Å². The van der Waals surface area contributed by atoms with Gasteiger partial charge in [-0.3, -0.25) is 9.59 Å². The van der Waals surface area contributed by atoms with Crippen LogP contribution in [-0.4, -0.2) is 39.6 Å². The minimum Gasteiger partial charge on any atom is -0.481 e. The second kappa shape index (κ2) is 12.4. The maximum atomic E-state index is 12.3. The van der Waals surface area contributed by atoms with E-state index in [9.17, 15) is 14.7 Å². The zero-order chi connectivity index (χ0) is 23.6. The van der Waals surface area contributed by atoms with Gasteiger partial charge in [-0.15, -0.1) is 0 Å². The van der Waals surface area contributed by atoms with Gasteiger partial charge in [-0.25, -0.2) is 0 Å². The third-order valence-corrected chi connectivity index (χ3v) is 5.90. The van der Waals surface area contributed by atoms with Gasteiger partial charge in [0.1, 0.15) is 11.5 Å². The van der Waals surface area contributed by atoms with Gasteiger partial charge in [-0.05, 0) is 55.2 Å². The molecule has 2 N–H and O–H groups in total. The summed E-state index contributed by atoms with van der Waals surface area (Å²) < 4.78 is 5.84. The number of hydrogen-bond donors (Lipinski definition) is 2. The van der Waals surface area contributed by atoms with Crippen molar-refractivity contribution >= 4 is 23.5 Å². The zero-order valence-electron chi connectivity index (χ0n) is 18.5. The predicted molar refractivity (Wildman–Crippen MR) is 128 cm³/mol. The van der Waals surface area contributed by atoms with Crippen molar-refractivity contribution in [1.82, 2.24) is 4.90 Å². The highest BCUT2D eigenvalue weighted by Crippen LogP contribution is 2.28. The number of ether oxygens (including phenoxy) is 1. The van der Waals surface area contributed by atoms with Crippen LogP contribution < -0.4 is 4.74 Å². The van der Waals surface area contributed by atoms with Gasteiger partial charge in [0.25, 0.3) is 0 Å². The molecular weight excluding hydrogens is 442 g/mol. The van der Waals surface area contributed by atoms with E-state index in [1.165, 1.54) is 0 Å². The number of nitrogens with zero attached hydrogens (tertiary/aromatic N) is 1. The van der Waals surface area contributed by atoms with E-state index in [1.54, 1.807) is 24.3 Å². The Morgan fingerprint density at radius 1 is 1.12 bits per heavy atom. The lowest BCUT2D eigenvalue weighted by Gasteiger charge is -2.22. The van der Waals surface area contributed by atoms with Gasteiger partial charge in [0.2, 0.25) is 5.91 Å². The molecule has 0 spiro atoms. The molecular formula is C26H30ClNO5. The fourth-order valence-corrected chi connectivity index (χ4v) is 4.11. The normalized spacial score (nSPS) is 17.0. The molecule has 6 nitrogen and oxygen atoms in total. The molecule has 1 saturated heterocycles. The Bertz CT molecular complexity index is 977. The van der Waals surface area contributed by atoms with Crippen molar-refractivity contribution in [3.63, 3.8) is 0 Å². The predicted octanol–water partition coefficient (Wildman–Crippen LogP) is 5.75. The molecule has 2 atom stereocenters. The molecule has 0 saturated carbocycles. The maximum absolute atomic E-state index is 12.3. The first-order valence-corrected chi connectivity index (χ1v) is 11.7. The Labute approximate surface area is 199 Å². The molecule has 0 bridgehead atoms. The SMILES string of the molecule is O=C(O)CCCCCCN1C(=O)CC[C@@H]1C=CC(O)c1cccc(Oc2cccc(Cl)c2)c1. The quantitative estimate of drug-likeness (QED) is 0.304. The number of aliphatic carboxylic acids is 1. The van der Waals surface area contributed by atoms with Crippen molar-refractivity contribution in [3.8, 4) is 11.5 Å². The van der Waals surface area contributed by atoms with Crippen molar-refractivity contribution in [3.05, 3.63) is 71.3 Å². The van der Waals surface area contributed by atoms with Gasteiger partial charge in [-0.1, -0.05) is 54.8 Å². The Morgan fingerprint density at radius 3 is 2.61 bits per heavy atom. The molecule has 0 radical (unpaired) electrons. The standard InChI is InChI=1S/C26H30ClNO5/c27-20-8-6-10-23(18-20)33-22-9-5-7-19(17-22)24(29)14-12-21-13-15-25(30)28(21)16-4-2-1-3-11-26(31)32/h5-10,12,14,17-18,21,24,29H,1-4,11,13,15-16H2,(H,31,32)/t21-,24?/m0/s1. The second-order valence-electron chi connectivity index (χ2n) is 8.21. The third kappa shape index (κ3) is 7.91. The van der Waals surface area contributed by atoms with Crippen LogP contribution in [0.3, 0.4) is 0 Å². The van der Waals surface area contributed by atoms with Gasteiger partial charge in [0.15, 0.2) is 0 Å². The van der Waals surface area contributed by atoms with Crippen LogP contribution in [0.25, 0.3) is 0 Å². The average Bonchev–Trinajstić information content (AvgIpc) is 3.13. The number of aliphatic hydroxyl groups excluding tert-OH is 1. The number of carboxylic acids is 1. The molecule has 1 aliphatic rings. The summed E-state index contributed by atoms with van der Waals surface area (Å²) >= 11 is 6.01. The summed E-state index contributed by atoms with van der Waals surface area (Å²) in [4.78, 5) is 24.7. The van der Waals surface area contributed by atoms with E-state index in [4.69, 9.17) is 21.4 Å². The fourth-order valence-electron chi connectivity index (χ4n) is 3.93. The Hall–Kier alpha value is -2.83. The lowest BCUT2D eigenvalue weighted by Crippen LogP contribution is -2.32. The summed E-state index contributed by atoms with van der Waals surface area (Å²) in [6, 6.07) is 14.3. The molecule has 176 valence electrons. The highest BCUT2D eigenvalue weighted by molar-refractivity contribution is 6.30. The first kappa shape index (κ1) is 24.8.